The molecule has 5 rings (SSSR count). The predicted octanol–water partition coefficient (Wildman–Crippen LogP) is 5.16. The topological polar surface area (TPSA) is 97.1 Å². The highest BCUT2D eigenvalue weighted by Gasteiger charge is 2.31. The van der Waals surface area contributed by atoms with Gasteiger partial charge in [-0.15, -0.1) is 0 Å². The molecular formula is C32H36FN7O2. The maximum absolute atomic E-state index is 16.0. The van der Waals surface area contributed by atoms with Gasteiger partial charge in [-0.2, -0.15) is 4.98 Å². The monoisotopic (exact) mass is 569 g/mol. The second kappa shape index (κ2) is 11.4. The number of rotatable bonds is 6. The Morgan fingerprint density at radius 3 is 2.33 bits per heavy atom. The molecule has 0 spiro atoms. The number of benzene rings is 1. The second-order valence-electron chi connectivity index (χ2n) is 11.4. The first-order valence-corrected chi connectivity index (χ1v) is 14.3. The first-order chi connectivity index (χ1) is 20.0. The SMILES string of the molecule is C=CC(=O)N1CCN(c2nc(=O)n(-c3c(C(C)C)ncnc3C(C)C)c3nc(-c4ccccc4C)c(F)cc23)[C@@H](C)C1. The summed E-state index contributed by atoms with van der Waals surface area (Å²) < 4.78 is 17.5. The van der Waals surface area contributed by atoms with Gasteiger partial charge in [0.25, 0.3) is 0 Å². The molecule has 9 nitrogen and oxygen atoms in total. The number of nitrogens with zero attached hydrogens (tertiary/aromatic N) is 7. The largest absolute Gasteiger partial charge is 0.355 e. The quantitative estimate of drug-likeness (QED) is 0.296. The fourth-order valence-corrected chi connectivity index (χ4v) is 5.64. The minimum absolute atomic E-state index is 0.0334. The molecule has 1 aliphatic rings. The number of pyridine rings is 1. The van der Waals surface area contributed by atoms with Gasteiger partial charge in [-0.3, -0.25) is 4.79 Å². The van der Waals surface area contributed by atoms with Crippen LogP contribution in [0.15, 0.2) is 54.1 Å². The number of halogens is 1. The van der Waals surface area contributed by atoms with Gasteiger partial charge in [0.05, 0.1) is 22.5 Å². The van der Waals surface area contributed by atoms with Crippen LogP contribution in [0.4, 0.5) is 10.2 Å². The highest BCUT2D eigenvalue weighted by atomic mass is 19.1. The molecule has 0 saturated carbocycles. The number of aryl methyl sites for hydroxylation is 1. The first-order valence-electron chi connectivity index (χ1n) is 14.3. The molecule has 42 heavy (non-hydrogen) atoms. The summed E-state index contributed by atoms with van der Waals surface area (Å²) in [6, 6.07) is 8.67. The van der Waals surface area contributed by atoms with E-state index < -0.39 is 11.5 Å². The first kappa shape index (κ1) is 29.0. The molecule has 1 aliphatic heterocycles. The van der Waals surface area contributed by atoms with Crippen LogP contribution in [0, 0.1) is 12.7 Å². The van der Waals surface area contributed by atoms with Gasteiger partial charge >= 0.3 is 5.69 Å². The standard InChI is InChI=1S/C32H36FN7O2/c1-8-25(41)38-13-14-39(21(7)16-38)30-23-15-24(33)28(22-12-10-9-11-20(22)6)36-31(23)40(32(42)37-30)29-26(18(2)3)34-17-35-27(29)19(4)5/h8-12,15,17-19,21H,1,13-14,16H2,2-7H3/t21-/m0/s1. The zero-order valence-electron chi connectivity index (χ0n) is 24.9. The molecule has 0 unspecified atom stereocenters. The van der Waals surface area contributed by atoms with Crippen molar-refractivity contribution < 1.29 is 9.18 Å². The van der Waals surface area contributed by atoms with Crippen LogP contribution in [0.2, 0.25) is 0 Å². The van der Waals surface area contributed by atoms with Gasteiger partial charge in [0.1, 0.15) is 23.7 Å². The highest BCUT2D eigenvalue weighted by Crippen LogP contribution is 2.35. The van der Waals surface area contributed by atoms with Gasteiger partial charge in [-0.1, -0.05) is 58.5 Å². The van der Waals surface area contributed by atoms with Crippen molar-refractivity contribution in [2.45, 2.75) is 59.4 Å². The van der Waals surface area contributed by atoms with E-state index in [0.717, 1.165) is 5.56 Å². The number of fused-ring (bicyclic) bond motifs is 1. The van der Waals surface area contributed by atoms with Gasteiger partial charge in [0.2, 0.25) is 5.91 Å². The van der Waals surface area contributed by atoms with E-state index in [4.69, 9.17) is 4.98 Å². The van der Waals surface area contributed by atoms with Crippen LogP contribution in [-0.4, -0.2) is 61.0 Å². The summed E-state index contributed by atoms with van der Waals surface area (Å²) in [6.45, 7) is 16.7. The average molecular weight is 570 g/mol. The van der Waals surface area contributed by atoms with Crippen LogP contribution < -0.4 is 10.6 Å². The van der Waals surface area contributed by atoms with Gasteiger partial charge in [-0.25, -0.2) is 28.7 Å². The fraction of sp³-hybridized carbons (Fsp3) is 0.375. The molecule has 0 radical (unpaired) electrons. The number of aromatic nitrogens is 5. The number of hydrogen-bond donors (Lipinski definition) is 0. The summed E-state index contributed by atoms with van der Waals surface area (Å²) in [7, 11) is 0. The lowest BCUT2D eigenvalue weighted by Gasteiger charge is -2.40. The Balaban J connectivity index is 1.84. The van der Waals surface area contributed by atoms with E-state index in [1.165, 1.54) is 23.0 Å². The number of piperazine rings is 1. The van der Waals surface area contributed by atoms with Crippen molar-refractivity contribution in [3.8, 4) is 16.9 Å². The number of hydrogen-bond acceptors (Lipinski definition) is 7. The van der Waals surface area contributed by atoms with Crippen molar-refractivity contribution in [2.75, 3.05) is 24.5 Å². The Labute approximate surface area is 244 Å². The lowest BCUT2D eigenvalue weighted by Crippen LogP contribution is -2.54. The van der Waals surface area contributed by atoms with Crippen LogP contribution in [-0.2, 0) is 4.79 Å². The smallest absolute Gasteiger partial charge is 0.350 e. The Bertz CT molecular complexity index is 1720. The molecule has 1 amide bonds. The summed E-state index contributed by atoms with van der Waals surface area (Å²) in [4.78, 5) is 48.6. The molecule has 218 valence electrons. The van der Waals surface area contributed by atoms with E-state index >= 15 is 4.39 Å². The molecule has 1 aromatic carbocycles. The summed E-state index contributed by atoms with van der Waals surface area (Å²) in [5.74, 6) is -0.406. The molecule has 0 N–H and O–H groups in total. The predicted molar refractivity (Wildman–Crippen MR) is 163 cm³/mol. The lowest BCUT2D eigenvalue weighted by atomic mass is 10.0. The van der Waals surface area contributed by atoms with Crippen molar-refractivity contribution in [3.63, 3.8) is 0 Å². The molecule has 4 aromatic rings. The normalized spacial score (nSPS) is 15.6. The molecule has 0 bridgehead atoms. The second-order valence-corrected chi connectivity index (χ2v) is 11.4. The van der Waals surface area contributed by atoms with Crippen LogP contribution in [0.3, 0.4) is 0 Å². The lowest BCUT2D eigenvalue weighted by molar-refractivity contribution is -0.126. The molecule has 1 fully saturated rings. The summed E-state index contributed by atoms with van der Waals surface area (Å²) in [6.07, 6.45) is 2.81. The number of anilines is 1. The van der Waals surface area contributed by atoms with Crippen molar-refractivity contribution in [1.82, 2.24) is 29.4 Å². The summed E-state index contributed by atoms with van der Waals surface area (Å²) >= 11 is 0. The van der Waals surface area contributed by atoms with Crippen molar-refractivity contribution >= 4 is 22.8 Å². The van der Waals surface area contributed by atoms with Crippen molar-refractivity contribution in [3.05, 3.63) is 82.6 Å². The van der Waals surface area contributed by atoms with Crippen molar-refractivity contribution in [2.24, 2.45) is 0 Å². The van der Waals surface area contributed by atoms with Crippen LogP contribution in [0.5, 0.6) is 0 Å². The van der Waals surface area contributed by atoms with E-state index in [1.807, 2.05) is 70.7 Å². The van der Waals surface area contributed by atoms with Gasteiger partial charge in [-0.05, 0) is 43.4 Å². The molecule has 0 aliphatic carbocycles. The molecule has 3 aromatic heterocycles. The summed E-state index contributed by atoms with van der Waals surface area (Å²) in [5, 5.41) is 0.396. The minimum atomic E-state index is -0.553. The fourth-order valence-electron chi connectivity index (χ4n) is 5.64. The molecule has 10 heteroatoms. The molecular weight excluding hydrogens is 533 g/mol. The maximum Gasteiger partial charge on any atom is 0.355 e. The molecule has 4 heterocycles. The zero-order chi connectivity index (χ0) is 30.3. The third-order valence-electron chi connectivity index (χ3n) is 7.78. The van der Waals surface area contributed by atoms with Crippen LogP contribution >= 0.6 is 0 Å². The van der Waals surface area contributed by atoms with E-state index in [0.29, 0.717) is 53.5 Å². The Kier molecular flexibility index (Phi) is 7.90. The maximum atomic E-state index is 16.0. The van der Waals surface area contributed by atoms with Gasteiger partial charge < -0.3 is 9.80 Å². The minimum Gasteiger partial charge on any atom is -0.350 e. The van der Waals surface area contributed by atoms with E-state index in [9.17, 15) is 9.59 Å². The Morgan fingerprint density at radius 2 is 1.74 bits per heavy atom. The van der Waals surface area contributed by atoms with Gasteiger partial charge in [0.15, 0.2) is 5.65 Å². The third kappa shape index (κ3) is 5.06. The number of carbonyl (C=O) groups excluding carboxylic acids is 1. The van der Waals surface area contributed by atoms with Crippen LogP contribution in [0.25, 0.3) is 28.0 Å². The zero-order valence-corrected chi connectivity index (χ0v) is 24.9. The van der Waals surface area contributed by atoms with E-state index in [2.05, 4.69) is 21.5 Å². The van der Waals surface area contributed by atoms with Crippen LogP contribution in [0.1, 0.15) is 63.4 Å². The Hall–Kier alpha value is -4.47. The molecule has 1 saturated heterocycles. The third-order valence-corrected chi connectivity index (χ3v) is 7.78. The highest BCUT2D eigenvalue weighted by molar-refractivity contribution is 5.91. The average Bonchev–Trinajstić information content (AvgIpc) is 2.96. The summed E-state index contributed by atoms with van der Waals surface area (Å²) in [5.41, 5.74) is 3.26. The Morgan fingerprint density at radius 1 is 1.07 bits per heavy atom. The number of carbonyl (C=O) groups is 1. The van der Waals surface area contributed by atoms with Gasteiger partial charge in [0, 0.05) is 31.2 Å². The van der Waals surface area contributed by atoms with Crippen molar-refractivity contribution in [1.29, 1.82) is 0 Å². The molecule has 1 atom stereocenters. The van der Waals surface area contributed by atoms with E-state index in [-0.39, 0.29) is 35.1 Å². The number of amides is 1. The van der Waals surface area contributed by atoms with E-state index in [1.54, 1.807) is 4.90 Å².